The molecule has 1 saturated heterocycles. The molecular weight excluding hydrogens is 418 g/mol. The van der Waals surface area contributed by atoms with Crippen molar-refractivity contribution < 1.29 is 4.79 Å². The van der Waals surface area contributed by atoms with Gasteiger partial charge in [0, 0.05) is 47.3 Å². The molecule has 0 N–H and O–H groups in total. The molecule has 2 unspecified atom stereocenters. The van der Waals surface area contributed by atoms with Crippen LogP contribution < -0.4 is 5.56 Å². The van der Waals surface area contributed by atoms with Crippen LogP contribution in [-0.2, 0) is 6.54 Å². The Labute approximate surface area is 191 Å². The van der Waals surface area contributed by atoms with Crippen LogP contribution in [0.15, 0.2) is 70.4 Å². The molecule has 3 heterocycles. The van der Waals surface area contributed by atoms with Crippen LogP contribution >= 0.6 is 11.8 Å². The van der Waals surface area contributed by atoms with Gasteiger partial charge < -0.3 is 9.47 Å². The molecule has 160 valence electrons. The fourth-order valence-electron chi connectivity index (χ4n) is 4.97. The molecule has 0 aliphatic carbocycles. The zero-order valence-corrected chi connectivity index (χ0v) is 18.6. The first-order chi connectivity index (χ1) is 15.6. The molecule has 0 radical (unpaired) electrons. The third kappa shape index (κ3) is 3.63. The van der Waals surface area contributed by atoms with E-state index < -0.39 is 0 Å². The smallest absolute Gasteiger partial charge is 0.258 e. The predicted molar refractivity (Wildman–Crippen MR) is 126 cm³/mol. The summed E-state index contributed by atoms with van der Waals surface area (Å²) >= 11 is 1.68. The number of nitrogens with zero attached hydrogens (tertiary/aromatic N) is 3. The van der Waals surface area contributed by atoms with Gasteiger partial charge in [-0.15, -0.1) is 11.8 Å². The monoisotopic (exact) mass is 441 g/mol. The molecule has 0 saturated carbocycles. The number of carbonyl (C=O) groups is 1. The maximum atomic E-state index is 13.3. The molecular formula is C26H23N3O2S. The van der Waals surface area contributed by atoms with E-state index in [2.05, 4.69) is 12.1 Å². The fraction of sp³-hybridized carbons (Fsp3) is 0.269. The first kappa shape index (κ1) is 20.6. The summed E-state index contributed by atoms with van der Waals surface area (Å²) in [6, 6.07) is 21.0. The summed E-state index contributed by atoms with van der Waals surface area (Å²) in [5.74, 6) is 0.409. The van der Waals surface area contributed by atoms with Gasteiger partial charge in [-0.05, 0) is 72.7 Å². The molecule has 2 bridgehead atoms. The molecule has 6 heteroatoms. The van der Waals surface area contributed by atoms with Crippen LogP contribution in [0.2, 0.25) is 0 Å². The summed E-state index contributed by atoms with van der Waals surface area (Å²) in [4.78, 5) is 29.5. The molecule has 5 nitrogen and oxygen atoms in total. The van der Waals surface area contributed by atoms with Crippen LogP contribution in [0.3, 0.4) is 0 Å². The highest BCUT2D eigenvalue weighted by molar-refractivity contribution is 7.98. The van der Waals surface area contributed by atoms with Crippen molar-refractivity contribution in [3.8, 4) is 17.2 Å². The molecule has 2 atom stereocenters. The van der Waals surface area contributed by atoms with Gasteiger partial charge in [0.15, 0.2) is 0 Å². The van der Waals surface area contributed by atoms with E-state index in [-0.39, 0.29) is 23.3 Å². The first-order valence-corrected chi connectivity index (χ1v) is 12.0. The topological polar surface area (TPSA) is 66.1 Å². The van der Waals surface area contributed by atoms with Gasteiger partial charge in [-0.25, -0.2) is 0 Å². The second-order valence-corrected chi connectivity index (χ2v) is 9.39. The molecule has 3 aromatic rings. The molecule has 2 aliphatic heterocycles. The number of pyridine rings is 1. The van der Waals surface area contributed by atoms with Crippen molar-refractivity contribution in [1.82, 2.24) is 9.47 Å². The number of fused-ring (bicyclic) bond motifs is 4. The van der Waals surface area contributed by atoms with Gasteiger partial charge in [-0.2, -0.15) is 5.26 Å². The van der Waals surface area contributed by atoms with Crippen LogP contribution in [-0.4, -0.2) is 34.7 Å². The second-order valence-electron chi connectivity index (χ2n) is 8.51. The summed E-state index contributed by atoms with van der Waals surface area (Å²) in [6.07, 6.45) is 3.04. The second kappa shape index (κ2) is 8.33. The van der Waals surface area contributed by atoms with Crippen molar-refractivity contribution in [3.63, 3.8) is 0 Å². The highest BCUT2D eigenvalue weighted by atomic mass is 32.2. The minimum absolute atomic E-state index is 0.00880. The number of piperidine rings is 1. The SMILES string of the molecule is CSc1ccc(-c2ccc3n(c2=O)CC2CC3CN(C(=O)c3ccc(C#N)cc3)C2)cc1. The number of rotatable bonds is 3. The van der Waals surface area contributed by atoms with E-state index in [9.17, 15) is 9.59 Å². The maximum absolute atomic E-state index is 13.3. The highest BCUT2D eigenvalue weighted by Gasteiger charge is 2.37. The quantitative estimate of drug-likeness (QED) is 0.566. The standard InChI is InChI=1S/C26H23N3O2S/c1-32-22-8-6-19(7-9-22)23-10-11-24-21-12-18(15-29(24)26(23)31)14-28(16-21)25(30)20-4-2-17(13-27)3-5-20/h2-11,18,21H,12,14-16H2,1H3. The average molecular weight is 442 g/mol. The largest absolute Gasteiger partial charge is 0.338 e. The number of likely N-dealkylation sites (tertiary alicyclic amines) is 1. The lowest BCUT2D eigenvalue weighted by Crippen LogP contribution is -2.49. The van der Waals surface area contributed by atoms with Crippen molar-refractivity contribution in [1.29, 1.82) is 5.26 Å². The van der Waals surface area contributed by atoms with Crippen LogP contribution in [0.4, 0.5) is 0 Å². The molecule has 5 rings (SSSR count). The number of aromatic nitrogens is 1. The van der Waals surface area contributed by atoms with Gasteiger partial charge in [0.25, 0.3) is 11.5 Å². The van der Waals surface area contributed by atoms with Gasteiger partial charge in [0.2, 0.25) is 0 Å². The molecule has 2 aromatic carbocycles. The Balaban J connectivity index is 1.42. The summed E-state index contributed by atoms with van der Waals surface area (Å²) in [6.45, 7) is 1.89. The molecule has 1 aromatic heterocycles. The molecule has 1 fully saturated rings. The lowest BCUT2D eigenvalue weighted by molar-refractivity contribution is 0.0594. The lowest BCUT2D eigenvalue weighted by Gasteiger charge is -2.43. The van der Waals surface area contributed by atoms with Crippen LogP contribution in [0, 0.1) is 17.2 Å². The number of hydrogen-bond acceptors (Lipinski definition) is 4. The fourth-order valence-corrected chi connectivity index (χ4v) is 5.38. The Morgan fingerprint density at radius 1 is 1.00 bits per heavy atom. The van der Waals surface area contributed by atoms with E-state index in [1.54, 1.807) is 36.0 Å². The number of benzene rings is 2. The average Bonchev–Trinajstić information content (AvgIpc) is 2.84. The number of hydrogen-bond donors (Lipinski definition) is 0. The Hall–Kier alpha value is -3.30. The van der Waals surface area contributed by atoms with E-state index >= 15 is 0 Å². The lowest BCUT2D eigenvalue weighted by atomic mass is 9.82. The molecule has 32 heavy (non-hydrogen) atoms. The number of amides is 1. The zero-order chi connectivity index (χ0) is 22.2. The van der Waals surface area contributed by atoms with E-state index in [0.717, 1.165) is 23.2 Å². The molecule has 2 aliphatic rings. The van der Waals surface area contributed by atoms with Crippen molar-refractivity contribution in [2.24, 2.45) is 5.92 Å². The van der Waals surface area contributed by atoms with E-state index in [1.807, 2.05) is 46.1 Å². The van der Waals surface area contributed by atoms with Gasteiger partial charge in [0.1, 0.15) is 0 Å². The number of carbonyl (C=O) groups excluding carboxylic acids is 1. The zero-order valence-electron chi connectivity index (χ0n) is 17.8. The Kier molecular flexibility index (Phi) is 5.36. The van der Waals surface area contributed by atoms with Crippen molar-refractivity contribution in [2.75, 3.05) is 19.3 Å². The van der Waals surface area contributed by atoms with Crippen molar-refractivity contribution in [3.05, 3.63) is 87.8 Å². The van der Waals surface area contributed by atoms with E-state index in [4.69, 9.17) is 5.26 Å². The summed E-state index contributed by atoms with van der Waals surface area (Å²) in [7, 11) is 0. The summed E-state index contributed by atoms with van der Waals surface area (Å²) in [5.41, 5.74) is 3.90. The van der Waals surface area contributed by atoms with Gasteiger partial charge in [-0.3, -0.25) is 9.59 Å². The Morgan fingerprint density at radius 2 is 1.75 bits per heavy atom. The van der Waals surface area contributed by atoms with Crippen molar-refractivity contribution >= 4 is 17.7 Å². The van der Waals surface area contributed by atoms with Gasteiger partial charge in [-0.1, -0.05) is 12.1 Å². The van der Waals surface area contributed by atoms with E-state index in [1.165, 1.54) is 4.90 Å². The minimum Gasteiger partial charge on any atom is -0.338 e. The Bertz CT molecular complexity index is 1270. The summed E-state index contributed by atoms with van der Waals surface area (Å²) in [5, 5.41) is 8.98. The van der Waals surface area contributed by atoms with Gasteiger partial charge in [0.05, 0.1) is 11.6 Å². The van der Waals surface area contributed by atoms with Crippen LogP contribution in [0.25, 0.3) is 11.1 Å². The number of nitriles is 1. The van der Waals surface area contributed by atoms with Crippen molar-refractivity contribution in [2.45, 2.75) is 23.8 Å². The van der Waals surface area contributed by atoms with E-state index in [0.29, 0.717) is 30.8 Å². The first-order valence-electron chi connectivity index (χ1n) is 10.7. The third-order valence-corrected chi connectivity index (χ3v) is 7.30. The highest BCUT2D eigenvalue weighted by Crippen LogP contribution is 2.36. The van der Waals surface area contributed by atoms with Crippen LogP contribution in [0.1, 0.15) is 34.0 Å². The maximum Gasteiger partial charge on any atom is 0.258 e. The Morgan fingerprint density at radius 3 is 2.44 bits per heavy atom. The van der Waals surface area contributed by atoms with Gasteiger partial charge >= 0.3 is 0 Å². The number of thioether (sulfide) groups is 1. The van der Waals surface area contributed by atoms with Crippen LogP contribution in [0.5, 0.6) is 0 Å². The predicted octanol–water partition coefficient (Wildman–Crippen LogP) is 4.37. The summed E-state index contributed by atoms with van der Waals surface area (Å²) < 4.78 is 1.93. The third-order valence-electron chi connectivity index (χ3n) is 6.55. The normalized spacial score (nSPS) is 19.2. The molecule has 0 spiro atoms. The minimum atomic E-state index is -0.00880. The molecule has 1 amide bonds.